The maximum atomic E-state index is 12.9. The molecule has 3 heterocycles. The van der Waals surface area contributed by atoms with Gasteiger partial charge < -0.3 is 4.42 Å². The van der Waals surface area contributed by atoms with Crippen molar-refractivity contribution in [1.82, 2.24) is 24.8 Å². The molecule has 4 rings (SSSR count). The average molecular weight is 329 g/mol. The third-order valence-corrected chi connectivity index (χ3v) is 4.40. The minimum absolute atomic E-state index is 0.237. The number of aromatic nitrogens is 5. The van der Waals surface area contributed by atoms with Crippen LogP contribution < -0.4 is 0 Å². The van der Waals surface area contributed by atoms with Crippen LogP contribution in [0.25, 0.3) is 15.7 Å². The molecule has 0 aliphatic heterocycles. The van der Waals surface area contributed by atoms with E-state index in [1.54, 1.807) is 22.8 Å². The first kappa shape index (κ1) is 14.0. The Labute approximate surface area is 134 Å². The number of hydrogen-bond donors (Lipinski definition) is 0. The molecule has 23 heavy (non-hydrogen) atoms. The van der Waals surface area contributed by atoms with Gasteiger partial charge >= 0.3 is 0 Å². The van der Waals surface area contributed by atoms with Gasteiger partial charge in [-0.25, -0.2) is 13.9 Å². The highest BCUT2D eigenvalue weighted by molar-refractivity contribution is 7.20. The predicted octanol–water partition coefficient (Wildman–Crippen LogP) is 3.07. The van der Waals surface area contributed by atoms with Crippen molar-refractivity contribution in [3.8, 4) is 10.9 Å². The van der Waals surface area contributed by atoms with Crippen LogP contribution in [0.15, 0.2) is 34.9 Å². The molecule has 6 nitrogen and oxygen atoms in total. The Bertz CT molecular complexity index is 956. The molecule has 0 radical (unpaired) electrons. The Balaban J connectivity index is 1.50. The Morgan fingerprint density at radius 2 is 2.00 bits per heavy atom. The second-order valence-corrected chi connectivity index (χ2v) is 6.10. The summed E-state index contributed by atoms with van der Waals surface area (Å²) in [6, 6.07) is 6.41. The minimum Gasteiger partial charge on any atom is -0.419 e. The standard InChI is InChI=1S/C15H12FN5OS/c1-9-17-8-13-21(9)20-15(23-13)14-19-18-12(22-14)7-4-10-2-5-11(16)6-3-10/h2-3,5-6,8H,4,7H2,1H3. The Hall–Kier alpha value is -2.61. The van der Waals surface area contributed by atoms with Crippen molar-refractivity contribution >= 4 is 16.2 Å². The number of fused-ring (bicyclic) bond motifs is 1. The molecule has 0 amide bonds. The summed E-state index contributed by atoms with van der Waals surface area (Å²) in [4.78, 5) is 5.12. The third kappa shape index (κ3) is 2.72. The summed E-state index contributed by atoms with van der Waals surface area (Å²) in [5.74, 6) is 1.53. The molecular formula is C15H12FN5OS. The lowest BCUT2D eigenvalue weighted by molar-refractivity contribution is 0.503. The maximum Gasteiger partial charge on any atom is 0.278 e. The van der Waals surface area contributed by atoms with Gasteiger partial charge in [0.05, 0.1) is 6.20 Å². The number of hydrogen-bond acceptors (Lipinski definition) is 6. The van der Waals surface area contributed by atoms with Gasteiger partial charge in [0.1, 0.15) is 16.5 Å². The van der Waals surface area contributed by atoms with Crippen molar-refractivity contribution in [2.75, 3.05) is 0 Å². The van der Waals surface area contributed by atoms with Gasteiger partial charge in [0.15, 0.2) is 0 Å². The molecule has 0 unspecified atom stereocenters. The zero-order valence-corrected chi connectivity index (χ0v) is 13.0. The molecule has 1 aromatic carbocycles. The highest BCUT2D eigenvalue weighted by Crippen LogP contribution is 2.25. The van der Waals surface area contributed by atoms with Crippen LogP contribution in [-0.4, -0.2) is 24.8 Å². The van der Waals surface area contributed by atoms with Crippen LogP contribution in [0.5, 0.6) is 0 Å². The van der Waals surface area contributed by atoms with Crippen LogP contribution in [0.4, 0.5) is 4.39 Å². The molecule has 3 aromatic heterocycles. The average Bonchev–Trinajstić information content (AvgIpc) is 3.24. The molecule has 0 saturated heterocycles. The maximum absolute atomic E-state index is 12.9. The van der Waals surface area contributed by atoms with Crippen molar-refractivity contribution in [3.63, 3.8) is 0 Å². The van der Waals surface area contributed by atoms with Crippen molar-refractivity contribution in [1.29, 1.82) is 0 Å². The summed E-state index contributed by atoms with van der Waals surface area (Å²) in [6.45, 7) is 1.89. The monoisotopic (exact) mass is 329 g/mol. The smallest absolute Gasteiger partial charge is 0.278 e. The van der Waals surface area contributed by atoms with Gasteiger partial charge in [-0.15, -0.1) is 15.3 Å². The van der Waals surface area contributed by atoms with E-state index in [0.717, 1.165) is 16.2 Å². The second kappa shape index (κ2) is 5.54. The summed E-state index contributed by atoms with van der Waals surface area (Å²) < 4.78 is 20.3. The first-order valence-corrected chi connectivity index (χ1v) is 7.89. The van der Waals surface area contributed by atoms with Gasteiger partial charge in [-0.2, -0.15) is 0 Å². The van der Waals surface area contributed by atoms with E-state index in [0.29, 0.717) is 29.6 Å². The van der Waals surface area contributed by atoms with Crippen LogP contribution >= 0.6 is 11.3 Å². The fourth-order valence-electron chi connectivity index (χ4n) is 2.25. The molecule has 0 spiro atoms. The summed E-state index contributed by atoms with van der Waals surface area (Å²) in [5.41, 5.74) is 1.02. The number of rotatable bonds is 4. The van der Waals surface area contributed by atoms with Crippen LogP contribution in [-0.2, 0) is 12.8 Å². The van der Waals surface area contributed by atoms with Gasteiger partial charge in [-0.3, -0.25) is 0 Å². The van der Waals surface area contributed by atoms with Crippen molar-refractivity contribution in [3.05, 3.63) is 53.6 Å². The van der Waals surface area contributed by atoms with E-state index in [4.69, 9.17) is 4.42 Å². The molecular weight excluding hydrogens is 317 g/mol. The molecule has 0 bridgehead atoms. The predicted molar refractivity (Wildman–Crippen MR) is 82.7 cm³/mol. The number of nitrogens with zero attached hydrogens (tertiary/aromatic N) is 5. The molecule has 4 aromatic rings. The number of benzene rings is 1. The van der Waals surface area contributed by atoms with E-state index in [1.807, 2.05) is 6.92 Å². The molecule has 0 aliphatic rings. The minimum atomic E-state index is -0.237. The number of aryl methyl sites for hydroxylation is 3. The van der Waals surface area contributed by atoms with Crippen molar-refractivity contribution in [2.45, 2.75) is 19.8 Å². The van der Waals surface area contributed by atoms with Crippen LogP contribution in [0.1, 0.15) is 17.3 Å². The van der Waals surface area contributed by atoms with E-state index in [-0.39, 0.29) is 5.82 Å². The first-order valence-electron chi connectivity index (χ1n) is 7.07. The first-order chi connectivity index (χ1) is 11.2. The van der Waals surface area contributed by atoms with Crippen LogP contribution in [0.2, 0.25) is 0 Å². The summed E-state index contributed by atoms with van der Waals surface area (Å²) in [5, 5.41) is 13.2. The highest BCUT2D eigenvalue weighted by Gasteiger charge is 2.15. The summed E-state index contributed by atoms with van der Waals surface area (Å²) in [7, 11) is 0. The molecule has 0 N–H and O–H groups in total. The molecule has 0 aliphatic carbocycles. The largest absolute Gasteiger partial charge is 0.419 e. The van der Waals surface area contributed by atoms with E-state index in [1.165, 1.54) is 23.5 Å². The fourth-order valence-corrected chi connectivity index (χ4v) is 3.10. The third-order valence-electron chi connectivity index (χ3n) is 3.46. The Morgan fingerprint density at radius 1 is 1.17 bits per heavy atom. The molecule has 0 atom stereocenters. The summed E-state index contributed by atoms with van der Waals surface area (Å²) in [6.07, 6.45) is 3.08. The van der Waals surface area contributed by atoms with Crippen LogP contribution in [0, 0.1) is 12.7 Å². The van der Waals surface area contributed by atoms with Gasteiger partial charge in [-0.05, 0) is 31.0 Å². The van der Waals surface area contributed by atoms with Crippen molar-refractivity contribution < 1.29 is 8.81 Å². The lowest BCUT2D eigenvalue weighted by Gasteiger charge is -1.97. The zero-order chi connectivity index (χ0) is 15.8. The quantitative estimate of drug-likeness (QED) is 0.575. The lowest BCUT2D eigenvalue weighted by Crippen LogP contribution is -1.91. The second-order valence-electron chi connectivity index (χ2n) is 5.09. The van der Waals surface area contributed by atoms with Gasteiger partial charge in [0.2, 0.25) is 10.9 Å². The van der Waals surface area contributed by atoms with E-state index >= 15 is 0 Å². The van der Waals surface area contributed by atoms with Crippen LogP contribution in [0.3, 0.4) is 0 Å². The SMILES string of the molecule is Cc1ncc2sc(-c3nnc(CCc4ccc(F)cc4)o3)nn12. The van der Waals surface area contributed by atoms with Crippen molar-refractivity contribution in [2.24, 2.45) is 0 Å². The fraction of sp³-hybridized carbons (Fsp3) is 0.200. The Kier molecular flexibility index (Phi) is 3.38. The normalized spacial score (nSPS) is 11.4. The van der Waals surface area contributed by atoms with E-state index in [9.17, 15) is 4.39 Å². The zero-order valence-electron chi connectivity index (χ0n) is 12.2. The topological polar surface area (TPSA) is 69.1 Å². The number of halogens is 1. The molecule has 0 fully saturated rings. The lowest BCUT2D eigenvalue weighted by atomic mass is 10.1. The highest BCUT2D eigenvalue weighted by atomic mass is 32.1. The molecule has 116 valence electrons. The molecule has 8 heteroatoms. The van der Waals surface area contributed by atoms with Gasteiger partial charge in [0.25, 0.3) is 5.89 Å². The Morgan fingerprint density at radius 3 is 2.78 bits per heavy atom. The van der Waals surface area contributed by atoms with Gasteiger partial charge in [-0.1, -0.05) is 23.5 Å². The van der Waals surface area contributed by atoms with Gasteiger partial charge in [0, 0.05) is 6.42 Å². The molecule has 0 saturated carbocycles. The van der Waals surface area contributed by atoms with E-state index < -0.39 is 0 Å². The number of imidazole rings is 1. The summed E-state index contributed by atoms with van der Waals surface area (Å²) >= 11 is 1.45. The van der Waals surface area contributed by atoms with E-state index in [2.05, 4.69) is 20.3 Å².